The summed E-state index contributed by atoms with van der Waals surface area (Å²) in [6.45, 7) is 15.7. The second-order valence-electron chi connectivity index (χ2n) is 10.3. The van der Waals surface area contributed by atoms with Gasteiger partial charge in [-0.3, -0.25) is 0 Å². The zero-order chi connectivity index (χ0) is 26.1. The third kappa shape index (κ3) is 6.58. The molecule has 36 heavy (non-hydrogen) atoms. The molecule has 1 aromatic rings. The molecule has 190 valence electrons. The lowest BCUT2D eigenvalue weighted by Crippen LogP contribution is -2.23. The predicted octanol–water partition coefficient (Wildman–Crippen LogP) is 10.4. The van der Waals surface area contributed by atoms with Gasteiger partial charge in [0.15, 0.2) is 0 Å². The summed E-state index contributed by atoms with van der Waals surface area (Å²) in [6, 6.07) is 2.47. The molecule has 3 rings (SSSR count). The molecule has 0 aliphatic heterocycles. The van der Waals surface area contributed by atoms with E-state index in [1.54, 1.807) is 0 Å². The van der Waals surface area contributed by atoms with Crippen LogP contribution in [0.2, 0.25) is 0 Å². The van der Waals surface area contributed by atoms with Crippen LogP contribution >= 0.6 is 0 Å². The third-order valence-electron chi connectivity index (χ3n) is 7.28. The van der Waals surface area contributed by atoms with Gasteiger partial charge in [0.25, 0.3) is 0 Å². The van der Waals surface area contributed by atoms with Crippen LogP contribution < -0.4 is 4.90 Å². The summed E-state index contributed by atoms with van der Waals surface area (Å²) < 4.78 is 0. The Morgan fingerprint density at radius 1 is 0.972 bits per heavy atom. The molecular formula is C35H45N. The van der Waals surface area contributed by atoms with Gasteiger partial charge in [0.05, 0.1) is 0 Å². The fraction of sp³-hybridized carbons (Fsp3) is 0.371. The Balaban J connectivity index is 2.18. The molecule has 0 bridgehead atoms. The lowest BCUT2D eigenvalue weighted by Gasteiger charge is -2.33. The molecule has 0 saturated carbocycles. The van der Waals surface area contributed by atoms with Crippen LogP contribution in [0.25, 0.3) is 6.08 Å². The first kappa shape index (κ1) is 27.5. The molecule has 0 saturated heterocycles. The molecule has 2 aliphatic rings. The van der Waals surface area contributed by atoms with E-state index in [0.29, 0.717) is 11.8 Å². The van der Waals surface area contributed by atoms with Gasteiger partial charge in [-0.1, -0.05) is 87.6 Å². The lowest BCUT2D eigenvalue weighted by molar-refractivity contribution is 0.771. The monoisotopic (exact) mass is 479 g/mol. The third-order valence-corrected chi connectivity index (χ3v) is 7.28. The largest absolute Gasteiger partial charge is 0.314 e. The van der Waals surface area contributed by atoms with E-state index in [2.05, 4.69) is 138 Å². The zero-order valence-corrected chi connectivity index (χ0v) is 23.5. The van der Waals surface area contributed by atoms with Gasteiger partial charge in [-0.05, 0) is 111 Å². The normalized spacial score (nSPS) is 17.2. The Morgan fingerprint density at radius 3 is 2.44 bits per heavy atom. The molecule has 1 heteroatoms. The van der Waals surface area contributed by atoms with Crippen molar-refractivity contribution in [3.8, 4) is 0 Å². The van der Waals surface area contributed by atoms with Crippen LogP contribution in [-0.2, 0) is 0 Å². The van der Waals surface area contributed by atoms with Crippen molar-refractivity contribution in [1.82, 2.24) is 0 Å². The van der Waals surface area contributed by atoms with Gasteiger partial charge in [-0.2, -0.15) is 0 Å². The Labute approximate surface area is 220 Å². The van der Waals surface area contributed by atoms with Crippen molar-refractivity contribution in [3.63, 3.8) is 0 Å². The first-order chi connectivity index (χ1) is 17.4. The highest BCUT2D eigenvalue weighted by Crippen LogP contribution is 2.39. The van der Waals surface area contributed by atoms with E-state index in [1.165, 1.54) is 44.9 Å². The van der Waals surface area contributed by atoms with Crippen LogP contribution in [0.4, 0.5) is 5.69 Å². The number of allylic oxidation sites excluding steroid dienone is 14. The standard InChI is InChI=1S/C35H45N/c1-8-10-11-13-18-27(5)34-25-35(29(7)33(17-9-2)28(34)6)36(31-20-14-12-15-21-31)32-22-16-19-30(23-24-32)26(3)4/h8-14,17,19-20,22-27H,15-16,18,21H2,1-7H3/b10-8-,13-11-,17-9-. The molecule has 1 unspecified atom stereocenters. The van der Waals surface area contributed by atoms with E-state index >= 15 is 0 Å². The maximum atomic E-state index is 2.53. The average molecular weight is 480 g/mol. The van der Waals surface area contributed by atoms with E-state index in [0.717, 1.165) is 25.7 Å². The molecule has 1 aromatic carbocycles. The average Bonchev–Trinajstić information content (AvgIpc) is 3.13. The highest BCUT2D eigenvalue weighted by Gasteiger charge is 2.23. The minimum atomic E-state index is 0.435. The van der Waals surface area contributed by atoms with Crippen LogP contribution in [-0.4, -0.2) is 0 Å². The van der Waals surface area contributed by atoms with Crippen molar-refractivity contribution in [2.75, 3.05) is 4.90 Å². The molecular weight excluding hydrogens is 434 g/mol. The van der Waals surface area contributed by atoms with Crippen molar-refractivity contribution < 1.29 is 0 Å². The molecule has 0 fully saturated rings. The van der Waals surface area contributed by atoms with Gasteiger partial charge in [-0.15, -0.1) is 0 Å². The molecule has 1 atom stereocenters. The van der Waals surface area contributed by atoms with Crippen molar-refractivity contribution in [3.05, 3.63) is 118 Å². The van der Waals surface area contributed by atoms with Crippen molar-refractivity contribution in [2.45, 2.75) is 80.1 Å². The van der Waals surface area contributed by atoms with E-state index in [9.17, 15) is 0 Å². The van der Waals surface area contributed by atoms with Crippen molar-refractivity contribution >= 4 is 11.8 Å². The number of benzene rings is 1. The van der Waals surface area contributed by atoms with Crippen LogP contribution in [0.3, 0.4) is 0 Å². The summed E-state index contributed by atoms with van der Waals surface area (Å²) >= 11 is 0. The van der Waals surface area contributed by atoms with Crippen LogP contribution in [0, 0.1) is 19.8 Å². The first-order valence-electron chi connectivity index (χ1n) is 13.7. The van der Waals surface area contributed by atoms with Crippen LogP contribution in [0.15, 0.2) is 95.9 Å². The summed E-state index contributed by atoms with van der Waals surface area (Å²) in [6.07, 6.45) is 33.5. The Bertz CT molecular complexity index is 1160. The van der Waals surface area contributed by atoms with Gasteiger partial charge < -0.3 is 4.90 Å². The van der Waals surface area contributed by atoms with Gasteiger partial charge in [-0.25, -0.2) is 0 Å². The summed E-state index contributed by atoms with van der Waals surface area (Å²) in [5.74, 6) is 0.967. The predicted molar refractivity (Wildman–Crippen MR) is 161 cm³/mol. The molecule has 0 amide bonds. The highest BCUT2D eigenvalue weighted by molar-refractivity contribution is 5.74. The van der Waals surface area contributed by atoms with Crippen LogP contribution in [0.5, 0.6) is 0 Å². The van der Waals surface area contributed by atoms with E-state index in [1.807, 2.05) is 0 Å². The topological polar surface area (TPSA) is 3.24 Å². The molecule has 0 spiro atoms. The van der Waals surface area contributed by atoms with Crippen molar-refractivity contribution in [1.29, 1.82) is 0 Å². The second-order valence-corrected chi connectivity index (χ2v) is 10.3. The fourth-order valence-electron chi connectivity index (χ4n) is 5.16. The molecule has 0 radical (unpaired) electrons. The fourth-order valence-corrected chi connectivity index (χ4v) is 5.16. The van der Waals surface area contributed by atoms with Gasteiger partial charge in [0, 0.05) is 17.1 Å². The molecule has 0 N–H and O–H groups in total. The molecule has 0 aromatic heterocycles. The summed E-state index contributed by atoms with van der Waals surface area (Å²) in [4.78, 5) is 2.53. The zero-order valence-electron chi connectivity index (χ0n) is 23.5. The quantitative estimate of drug-likeness (QED) is 0.318. The minimum absolute atomic E-state index is 0.435. The highest BCUT2D eigenvalue weighted by atomic mass is 15.2. The molecule has 0 heterocycles. The SMILES string of the molecule is C/C=C\C=C/CC(C)c1cc(N(C2=CCC=C(C(C)C)C=C2)C2=CC=CCC2)c(C)c(/C=C\C)c1C. The lowest BCUT2D eigenvalue weighted by atomic mass is 9.87. The van der Waals surface area contributed by atoms with Crippen molar-refractivity contribution in [2.24, 2.45) is 5.92 Å². The summed E-state index contributed by atoms with van der Waals surface area (Å²) in [7, 11) is 0. The Hall–Kier alpha value is -3.06. The maximum Gasteiger partial charge on any atom is 0.0496 e. The number of hydrogen-bond donors (Lipinski definition) is 0. The van der Waals surface area contributed by atoms with Gasteiger partial charge >= 0.3 is 0 Å². The molecule has 2 aliphatic carbocycles. The van der Waals surface area contributed by atoms with Crippen LogP contribution in [0.1, 0.15) is 88.5 Å². The Kier molecular flexibility index (Phi) is 10.2. The summed E-state index contributed by atoms with van der Waals surface area (Å²) in [5.41, 5.74) is 10.9. The van der Waals surface area contributed by atoms with E-state index in [-0.39, 0.29) is 0 Å². The molecule has 1 nitrogen and oxygen atoms in total. The number of nitrogens with zero attached hydrogens (tertiary/aromatic N) is 1. The number of anilines is 1. The summed E-state index contributed by atoms with van der Waals surface area (Å²) in [5, 5.41) is 0. The van der Waals surface area contributed by atoms with Gasteiger partial charge in [0.2, 0.25) is 0 Å². The van der Waals surface area contributed by atoms with E-state index in [4.69, 9.17) is 0 Å². The Morgan fingerprint density at radius 2 is 1.78 bits per heavy atom. The minimum Gasteiger partial charge on any atom is -0.314 e. The van der Waals surface area contributed by atoms with E-state index < -0.39 is 0 Å². The second kappa shape index (κ2) is 13.3. The number of rotatable bonds is 9. The smallest absolute Gasteiger partial charge is 0.0496 e. The first-order valence-corrected chi connectivity index (χ1v) is 13.7. The van der Waals surface area contributed by atoms with Gasteiger partial charge in [0.1, 0.15) is 0 Å². The number of hydrogen-bond acceptors (Lipinski definition) is 1. The maximum absolute atomic E-state index is 2.53.